The maximum Gasteiger partial charge on any atom is 0.114 e. The van der Waals surface area contributed by atoms with Crippen LogP contribution in [0.25, 0.3) is 0 Å². The molecule has 1 aromatic carbocycles. The summed E-state index contributed by atoms with van der Waals surface area (Å²) in [6.45, 7) is 9.93. The summed E-state index contributed by atoms with van der Waals surface area (Å²) in [7, 11) is 0. The van der Waals surface area contributed by atoms with Gasteiger partial charge in [0.1, 0.15) is 5.01 Å². The van der Waals surface area contributed by atoms with E-state index in [9.17, 15) is 0 Å². The molecule has 108 valence electrons. The van der Waals surface area contributed by atoms with E-state index < -0.39 is 0 Å². The summed E-state index contributed by atoms with van der Waals surface area (Å²) in [4.78, 5) is 4.47. The first-order chi connectivity index (χ1) is 9.52. The summed E-state index contributed by atoms with van der Waals surface area (Å²) in [5.74, 6) is 0. The largest absolute Gasteiger partial charge is 0.304 e. The van der Waals surface area contributed by atoms with Gasteiger partial charge in [-0.3, -0.25) is 0 Å². The lowest BCUT2D eigenvalue weighted by molar-refractivity contribution is 0.583. The van der Waals surface area contributed by atoms with E-state index in [0.717, 1.165) is 18.0 Å². The Morgan fingerprint density at radius 2 is 1.90 bits per heavy atom. The third kappa shape index (κ3) is 3.68. The van der Waals surface area contributed by atoms with Crippen molar-refractivity contribution in [2.24, 2.45) is 0 Å². The van der Waals surface area contributed by atoms with Crippen LogP contribution in [-0.2, 0) is 5.41 Å². The molecule has 1 N–H and O–H groups in total. The van der Waals surface area contributed by atoms with Crippen LogP contribution in [0.5, 0.6) is 0 Å². The molecule has 0 bridgehead atoms. The quantitative estimate of drug-likeness (QED) is 0.874. The molecule has 1 aromatic heterocycles. The van der Waals surface area contributed by atoms with Crippen molar-refractivity contribution in [1.82, 2.24) is 10.3 Å². The Morgan fingerprint density at radius 1 is 1.20 bits per heavy atom. The number of rotatable bonds is 5. The SMILES string of the molecule is CCCNC(c1ccc(C(C)(C)C)cc1)c1nccs1. The molecule has 0 amide bonds. The first-order valence-corrected chi connectivity index (χ1v) is 8.13. The lowest BCUT2D eigenvalue weighted by Crippen LogP contribution is -2.23. The van der Waals surface area contributed by atoms with Gasteiger partial charge in [0.15, 0.2) is 0 Å². The number of hydrogen-bond donors (Lipinski definition) is 1. The topological polar surface area (TPSA) is 24.9 Å². The van der Waals surface area contributed by atoms with Gasteiger partial charge in [-0.25, -0.2) is 4.98 Å². The number of benzene rings is 1. The van der Waals surface area contributed by atoms with Crippen LogP contribution < -0.4 is 5.32 Å². The highest BCUT2D eigenvalue weighted by atomic mass is 32.1. The van der Waals surface area contributed by atoms with Gasteiger partial charge in [-0.05, 0) is 29.5 Å². The third-order valence-corrected chi connectivity index (χ3v) is 4.25. The highest BCUT2D eigenvalue weighted by molar-refractivity contribution is 7.09. The Morgan fingerprint density at radius 3 is 2.40 bits per heavy atom. The maximum atomic E-state index is 4.47. The fourth-order valence-electron chi connectivity index (χ4n) is 2.19. The van der Waals surface area contributed by atoms with Crippen LogP contribution in [0.2, 0.25) is 0 Å². The molecule has 2 aromatic rings. The average molecular weight is 288 g/mol. The highest BCUT2D eigenvalue weighted by Gasteiger charge is 2.18. The molecular weight excluding hydrogens is 264 g/mol. The van der Waals surface area contributed by atoms with Gasteiger partial charge in [0.25, 0.3) is 0 Å². The molecule has 0 fully saturated rings. The minimum Gasteiger partial charge on any atom is -0.304 e. The summed E-state index contributed by atoms with van der Waals surface area (Å²) in [5, 5.41) is 6.78. The van der Waals surface area contributed by atoms with Gasteiger partial charge in [-0.15, -0.1) is 11.3 Å². The van der Waals surface area contributed by atoms with Crippen molar-refractivity contribution < 1.29 is 0 Å². The summed E-state index contributed by atoms with van der Waals surface area (Å²) in [6, 6.07) is 9.15. The van der Waals surface area contributed by atoms with E-state index in [1.54, 1.807) is 11.3 Å². The number of thiazole rings is 1. The molecule has 20 heavy (non-hydrogen) atoms. The monoisotopic (exact) mass is 288 g/mol. The van der Waals surface area contributed by atoms with E-state index in [1.807, 2.05) is 11.6 Å². The molecular formula is C17H24N2S. The fraction of sp³-hybridized carbons (Fsp3) is 0.471. The number of aromatic nitrogens is 1. The van der Waals surface area contributed by atoms with E-state index in [1.165, 1.54) is 11.1 Å². The van der Waals surface area contributed by atoms with Crippen molar-refractivity contribution in [3.05, 3.63) is 52.0 Å². The summed E-state index contributed by atoms with van der Waals surface area (Å²) in [5.41, 5.74) is 2.86. The summed E-state index contributed by atoms with van der Waals surface area (Å²) in [6.07, 6.45) is 3.01. The molecule has 0 aliphatic carbocycles. The normalized spacial score (nSPS) is 13.4. The van der Waals surface area contributed by atoms with Gasteiger partial charge < -0.3 is 5.32 Å². The second kappa shape index (κ2) is 6.51. The van der Waals surface area contributed by atoms with E-state index in [0.29, 0.717) is 0 Å². The van der Waals surface area contributed by atoms with Crippen molar-refractivity contribution in [2.45, 2.75) is 45.6 Å². The molecule has 0 radical (unpaired) electrons. The van der Waals surface area contributed by atoms with Crippen LogP contribution in [0.3, 0.4) is 0 Å². The molecule has 1 atom stereocenters. The average Bonchev–Trinajstić information content (AvgIpc) is 2.93. The van der Waals surface area contributed by atoms with E-state index >= 15 is 0 Å². The number of hydrogen-bond acceptors (Lipinski definition) is 3. The second-order valence-corrected chi connectivity index (χ2v) is 7.06. The van der Waals surface area contributed by atoms with Crippen LogP contribution in [-0.4, -0.2) is 11.5 Å². The molecule has 0 saturated heterocycles. The van der Waals surface area contributed by atoms with Gasteiger partial charge in [0, 0.05) is 11.6 Å². The van der Waals surface area contributed by atoms with Crippen molar-refractivity contribution in [3.8, 4) is 0 Å². The predicted octanol–water partition coefficient (Wildman–Crippen LogP) is 4.53. The van der Waals surface area contributed by atoms with Crippen LogP contribution in [0.1, 0.15) is 56.3 Å². The van der Waals surface area contributed by atoms with Gasteiger partial charge in [-0.1, -0.05) is 52.0 Å². The molecule has 0 saturated carbocycles. The van der Waals surface area contributed by atoms with Crippen LogP contribution in [0, 0.1) is 0 Å². The molecule has 2 rings (SSSR count). The Balaban J connectivity index is 2.25. The van der Waals surface area contributed by atoms with Gasteiger partial charge >= 0.3 is 0 Å². The Hall–Kier alpha value is -1.19. The van der Waals surface area contributed by atoms with Gasteiger partial charge in [0.05, 0.1) is 6.04 Å². The zero-order valence-corrected chi connectivity index (χ0v) is 13.6. The van der Waals surface area contributed by atoms with Crippen LogP contribution >= 0.6 is 11.3 Å². The van der Waals surface area contributed by atoms with Gasteiger partial charge in [-0.2, -0.15) is 0 Å². The third-order valence-electron chi connectivity index (χ3n) is 3.41. The van der Waals surface area contributed by atoms with E-state index in [2.05, 4.69) is 62.3 Å². The van der Waals surface area contributed by atoms with Crippen molar-refractivity contribution in [1.29, 1.82) is 0 Å². The fourth-order valence-corrected chi connectivity index (χ4v) is 2.93. The van der Waals surface area contributed by atoms with Crippen molar-refractivity contribution >= 4 is 11.3 Å². The lowest BCUT2D eigenvalue weighted by atomic mass is 9.86. The highest BCUT2D eigenvalue weighted by Crippen LogP contribution is 2.27. The van der Waals surface area contributed by atoms with Crippen molar-refractivity contribution in [2.75, 3.05) is 6.54 Å². The van der Waals surface area contributed by atoms with Crippen LogP contribution in [0.4, 0.5) is 0 Å². The Bertz CT molecular complexity index is 509. The van der Waals surface area contributed by atoms with E-state index in [-0.39, 0.29) is 11.5 Å². The second-order valence-electron chi connectivity index (χ2n) is 6.13. The zero-order chi connectivity index (χ0) is 14.6. The predicted molar refractivity (Wildman–Crippen MR) is 87.4 cm³/mol. The summed E-state index contributed by atoms with van der Waals surface area (Å²) < 4.78 is 0. The molecule has 1 unspecified atom stereocenters. The maximum absolute atomic E-state index is 4.47. The Kier molecular flexibility index (Phi) is 4.95. The summed E-state index contributed by atoms with van der Waals surface area (Å²) >= 11 is 1.71. The lowest BCUT2D eigenvalue weighted by Gasteiger charge is -2.21. The van der Waals surface area contributed by atoms with Crippen molar-refractivity contribution in [3.63, 3.8) is 0 Å². The first kappa shape index (κ1) is 15.2. The molecule has 0 aliphatic rings. The minimum atomic E-state index is 0.200. The minimum absolute atomic E-state index is 0.200. The molecule has 2 nitrogen and oxygen atoms in total. The standard InChI is InChI=1S/C17H24N2S/c1-5-10-18-15(16-19-11-12-20-16)13-6-8-14(9-7-13)17(2,3)4/h6-9,11-12,15,18H,5,10H2,1-4H3. The molecule has 0 aliphatic heterocycles. The van der Waals surface area contributed by atoms with Gasteiger partial charge in [0.2, 0.25) is 0 Å². The van der Waals surface area contributed by atoms with Crippen LogP contribution in [0.15, 0.2) is 35.8 Å². The Labute approximate surface area is 126 Å². The first-order valence-electron chi connectivity index (χ1n) is 7.25. The molecule has 3 heteroatoms. The molecule has 1 heterocycles. The smallest absolute Gasteiger partial charge is 0.114 e. The zero-order valence-electron chi connectivity index (χ0n) is 12.8. The molecule has 0 spiro atoms. The number of nitrogens with zero attached hydrogens (tertiary/aromatic N) is 1. The number of nitrogens with one attached hydrogen (secondary N) is 1. The van der Waals surface area contributed by atoms with E-state index in [4.69, 9.17) is 0 Å².